The van der Waals surface area contributed by atoms with Gasteiger partial charge in [0.1, 0.15) is 12.4 Å². The summed E-state index contributed by atoms with van der Waals surface area (Å²) in [5, 5.41) is 14.7. The number of nitrogen functional groups attached to an aromatic ring is 1. The fourth-order valence-electron chi connectivity index (χ4n) is 3.22. The second-order valence-corrected chi connectivity index (χ2v) is 9.81. The van der Waals surface area contributed by atoms with E-state index in [0.717, 1.165) is 34.1 Å². The molecule has 3 aromatic carbocycles. The summed E-state index contributed by atoms with van der Waals surface area (Å²) < 4.78 is 46.1. The van der Waals surface area contributed by atoms with Crippen molar-refractivity contribution in [2.24, 2.45) is 5.10 Å². The summed E-state index contributed by atoms with van der Waals surface area (Å²) in [5.41, 5.74) is 3.21. The lowest BCUT2D eigenvalue weighted by atomic mass is 10.2. The number of nitrogens with zero attached hydrogens (tertiary/aromatic N) is 4. The molecule has 208 valence electrons. The number of aromatic nitrogens is 3. The van der Waals surface area contributed by atoms with Crippen molar-refractivity contribution in [2.45, 2.75) is 17.9 Å². The molecule has 1 heterocycles. The lowest BCUT2D eigenvalue weighted by Crippen LogP contribution is -2.17. The molecule has 0 aliphatic heterocycles. The summed E-state index contributed by atoms with van der Waals surface area (Å²) >= 11 is 12.5. The number of amides is 1. The number of alkyl halides is 3. The predicted molar refractivity (Wildman–Crippen MR) is 149 cm³/mol. The van der Waals surface area contributed by atoms with Crippen molar-refractivity contribution in [1.82, 2.24) is 14.9 Å². The Morgan fingerprint density at radius 3 is 2.60 bits per heavy atom. The Labute approximate surface area is 240 Å². The Kier molecular flexibility index (Phi) is 9.40. The Balaban J connectivity index is 1.31. The third-order valence-electron chi connectivity index (χ3n) is 5.15. The minimum atomic E-state index is -4.65. The standard InChI is InChI=1S/C25H20Cl2F3N7O2S/c26-17-7-5-15(6-8-17)13-39-21-4-2-1-3-16(21)12-32-34-23-35-36-24(37(23)31)40-14-22(38)33-18-9-10-20(27)19(11-18)25(28,29)30/h1-12H,13-14,31H2,(H,33,38)(H,34,35)/b32-12+. The molecular formula is C25H20Cl2F3N7O2S. The SMILES string of the molecule is Nn1c(N/N=C/c2ccccc2OCc2ccc(Cl)cc2)nnc1SCC(=O)Nc1ccc(Cl)c(C(F)(F)F)c1. The molecule has 0 spiro atoms. The van der Waals surface area contributed by atoms with Crippen LogP contribution >= 0.6 is 35.0 Å². The van der Waals surface area contributed by atoms with E-state index in [9.17, 15) is 18.0 Å². The fraction of sp³-hybridized carbons (Fsp3) is 0.120. The zero-order valence-electron chi connectivity index (χ0n) is 20.3. The maximum atomic E-state index is 13.0. The number of nitrogens with one attached hydrogen (secondary N) is 2. The highest BCUT2D eigenvalue weighted by atomic mass is 35.5. The molecule has 0 saturated heterocycles. The molecule has 0 atom stereocenters. The Hall–Kier alpha value is -3.94. The average Bonchev–Trinajstić information content (AvgIpc) is 3.27. The highest BCUT2D eigenvalue weighted by Gasteiger charge is 2.33. The minimum absolute atomic E-state index is 0.0503. The molecule has 1 aromatic heterocycles. The number of halogens is 5. The quantitative estimate of drug-likeness (QED) is 0.0863. The lowest BCUT2D eigenvalue weighted by Gasteiger charge is -2.11. The molecule has 4 rings (SSSR count). The van der Waals surface area contributed by atoms with Gasteiger partial charge in [-0.25, -0.2) is 10.1 Å². The summed E-state index contributed by atoms with van der Waals surface area (Å²) in [6, 6.07) is 17.7. The van der Waals surface area contributed by atoms with E-state index in [1.54, 1.807) is 18.2 Å². The van der Waals surface area contributed by atoms with E-state index in [0.29, 0.717) is 22.9 Å². The number of hydrogen-bond acceptors (Lipinski definition) is 8. The van der Waals surface area contributed by atoms with Crippen molar-refractivity contribution in [1.29, 1.82) is 0 Å². The number of hydrazone groups is 1. The molecule has 0 unspecified atom stereocenters. The van der Waals surface area contributed by atoms with Crippen LogP contribution in [0, 0.1) is 0 Å². The number of benzene rings is 3. The van der Waals surface area contributed by atoms with E-state index >= 15 is 0 Å². The van der Waals surface area contributed by atoms with Crippen LogP contribution in [0.1, 0.15) is 16.7 Å². The summed E-state index contributed by atoms with van der Waals surface area (Å²) in [4.78, 5) is 12.3. The number of rotatable bonds is 10. The van der Waals surface area contributed by atoms with Gasteiger partial charge in [0.15, 0.2) is 0 Å². The van der Waals surface area contributed by atoms with Crippen molar-refractivity contribution in [3.05, 3.63) is 93.5 Å². The fourth-order valence-corrected chi connectivity index (χ4v) is 4.23. The monoisotopic (exact) mass is 609 g/mol. The van der Waals surface area contributed by atoms with Crippen LogP contribution in [0.25, 0.3) is 0 Å². The van der Waals surface area contributed by atoms with Crippen LogP contribution in [0.2, 0.25) is 10.0 Å². The Bertz CT molecular complexity index is 1520. The zero-order chi connectivity index (χ0) is 28.7. The summed E-state index contributed by atoms with van der Waals surface area (Å²) in [6.07, 6.45) is -3.13. The number of thioether (sulfide) groups is 1. The molecule has 1 amide bonds. The molecule has 0 saturated carbocycles. The number of carbonyl (C=O) groups is 1. The Morgan fingerprint density at radius 1 is 1.10 bits per heavy atom. The minimum Gasteiger partial charge on any atom is -0.488 e. The largest absolute Gasteiger partial charge is 0.488 e. The van der Waals surface area contributed by atoms with E-state index < -0.39 is 22.7 Å². The van der Waals surface area contributed by atoms with Gasteiger partial charge in [-0.1, -0.05) is 59.2 Å². The lowest BCUT2D eigenvalue weighted by molar-refractivity contribution is -0.137. The molecule has 0 aliphatic carbocycles. The third kappa shape index (κ3) is 7.81. The maximum absolute atomic E-state index is 13.0. The molecule has 40 heavy (non-hydrogen) atoms. The number of ether oxygens (including phenoxy) is 1. The number of anilines is 2. The average molecular weight is 610 g/mol. The second-order valence-electron chi connectivity index (χ2n) is 8.03. The van der Waals surface area contributed by atoms with Gasteiger partial charge in [0.05, 0.1) is 22.6 Å². The third-order valence-corrected chi connectivity index (χ3v) is 6.67. The summed E-state index contributed by atoms with van der Waals surface area (Å²) in [6.45, 7) is 0.336. The molecule has 9 nitrogen and oxygen atoms in total. The van der Waals surface area contributed by atoms with E-state index in [1.807, 2.05) is 30.3 Å². The molecule has 0 fully saturated rings. The maximum Gasteiger partial charge on any atom is 0.417 e. The van der Waals surface area contributed by atoms with Gasteiger partial charge < -0.3 is 15.9 Å². The van der Waals surface area contributed by atoms with Gasteiger partial charge in [-0.15, -0.1) is 10.2 Å². The van der Waals surface area contributed by atoms with Crippen molar-refractivity contribution in [3.63, 3.8) is 0 Å². The van der Waals surface area contributed by atoms with Gasteiger partial charge in [-0.2, -0.15) is 18.3 Å². The Morgan fingerprint density at radius 2 is 1.85 bits per heavy atom. The summed E-state index contributed by atoms with van der Waals surface area (Å²) in [5.74, 6) is 5.91. The highest BCUT2D eigenvalue weighted by Crippen LogP contribution is 2.36. The topological polar surface area (TPSA) is 119 Å². The first kappa shape index (κ1) is 29.1. The molecule has 4 aromatic rings. The van der Waals surface area contributed by atoms with E-state index in [-0.39, 0.29) is 22.5 Å². The van der Waals surface area contributed by atoms with Crippen molar-refractivity contribution >= 4 is 58.7 Å². The molecule has 0 bridgehead atoms. The van der Waals surface area contributed by atoms with E-state index in [2.05, 4.69) is 26.0 Å². The van der Waals surface area contributed by atoms with Crippen LogP contribution in [0.3, 0.4) is 0 Å². The molecule has 15 heteroatoms. The van der Waals surface area contributed by atoms with E-state index in [4.69, 9.17) is 33.8 Å². The van der Waals surface area contributed by atoms with Crippen molar-refractivity contribution in [3.8, 4) is 5.75 Å². The highest BCUT2D eigenvalue weighted by molar-refractivity contribution is 7.99. The van der Waals surface area contributed by atoms with E-state index in [1.165, 1.54) is 12.3 Å². The first-order chi connectivity index (χ1) is 19.1. The van der Waals surface area contributed by atoms with Crippen LogP contribution in [0.4, 0.5) is 24.8 Å². The normalized spacial score (nSPS) is 11.5. The first-order valence-corrected chi connectivity index (χ1v) is 13.1. The number of nitrogens with two attached hydrogens (primary N) is 1. The first-order valence-electron chi connectivity index (χ1n) is 11.4. The van der Waals surface area contributed by atoms with Gasteiger partial charge in [0.2, 0.25) is 11.1 Å². The van der Waals surface area contributed by atoms with Crippen LogP contribution in [-0.2, 0) is 17.6 Å². The van der Waals surface area contributed by atoms with Gasteiger partial charge in [0, 0.05) is 16.3 Å². The van der Waals surface area contributed by atoms with Gasteiger partial charge in [-0.3, -0.25) is 4.79 Å². The van der Waals surface area contributed by atoms with Crippen LogP contribution in [-0.4, -0.2) is 32.7 Å². The zero-order valence-corrected chi connectivity index (χ0v) is 22.7. The van der Waals surface area contributed by atoms with Crippen LogP contribution < -0.4 is 21.3 Å². The molecule has 0 radical (unpaired) electrons. The summed E-state index contributed by atoms with van der Waals surface area (Å²) in [7, 11) is 0. The smallest absolute Gasteiger partial charge is 0.417 e. The molecule has 4 N–H and O–H groups in total. The van der Waals surface area contributed by atoms with Gasteiger partial charge >= 0.3 is 6.18 Å². The second kappa shape index (κ2) is 12.9. The predicted octanol–water partition coefficient (Wildman–Crippen LogP) is 6.07. The van der Waals surface area contributed by atoms with Crippen molar-refractivity contribution < 1.29 is 22.7 Å². The van der Waals surface area contributed by atoms with Gasteiger partial charge in [0.25, 0.3) is 5.95 Å². The van der Waals surface area contributed by atoms with Gasteiger partial charge in [-0.05, 0) is 48.0 Å². The number of carbonyl (C=O) groups excluding carboxylic acids is 1. The number of para-hydroxylation sites is 1. The number of hydrogen-bond donors (Lipinski definition) is 3. The molecule has 0 aliphatic rings. The van der Waals surface area contributed by atoms with Crippen LogP contribution in [0.15, 0.2) is 77.0 Å². The van der Waals surface area contributed by atoms with Crippen molar-refractivity contribution in [2.75, 3.05) is 22.3 Å². The van der Waals surface area contributed by atoms with Crippen LogP contribution in [0.5, 0.6) is 5.75 Å². The molecular weight excluding hydrogens is 590 g/mol.